The molecule has 18 heavy (non-hydrogen) atoms. The van der Waals surface area contributed by atoms with E-state index in [0.29, 0.717) is 5.92 Å². The molecule has 0 saturated heterocycles. The molecule has 4 aliphatic carbocycles. The SMILES string of the molecule is CNCc1ocnc1C1C2CC3CC(C2)CC1C3. The molecule has 0 spiro atoms. The van der Waals surface area contributed by atoms with Crippen LogP contribution in [-0.4, -0.2) is 12.0 Å². The van der Waals surface area contributed by atoms with Gasteiger partial charge in [0.15, 0.2) is 6.39 Å². The summed E-state index contributed by atoms with van der Waals surface area (Å²) >= 11 is 0. The first kappa shape index (κ1) is 11.0. The molecular weight excluding hydrogens is 224 g/mol. The molecule has 1 heterocycles. The number of hydrogen-bond acceptors (Lipinski definition) is 3. The lowest BCUT2D eigenvalue weighted by Crippen LogP contribution is -2.44. The van der Waals surface area contributed by atoms with Gasteiger partial charge in [0.05, 0.1) is 12.2 Å². The van der Waals surface area contributed by atoms with Crippen molar-refractivity contribution in [1.29, 1.82) is 0 Å². The highest BCUT2D eigenvalue weighted by molar-refractivity contribution is 5.20. The predicted molar refractivity (Wildman–Crippen MR) is 69.1 cm³/mol. The van der Waals surface area contributed by atoms with Crippen LogP contribution >= 0.6 is 0 Å². The van der Waals surface area contributed by atoms with Gasteiger partial charge in [-0.1, -0.05) is 0 Å². The maximum atomic E-state index is 5.59. The van der Waals surface area contributed by atoms with Crippen LogP contribution in [0.1, 0.15) is 49.5 Å². The van der Waals surface area contributed by atoms with Gasteiger partial charge in [0.25, 0.3) is 0 Å². The molecule has 5 rings (SSSR count). The van der Waals surface area contributed by atoms with E-state index in [4.69, 9.17) is 4.42 Å². The molecule has 4 aliphatic rings. The van der Waals surface area contributed by atoms with E-state index in [1.165, 1.54) is 37.8 Å². The first-order chi connectivity index (χ1) is 8.85. The van der Waals surface area contributed by atoms with Crippen LogP contribution in [0.5, 0.6) is 0 Å². The summed E-state index contributed by atoms with van der Waals surface area (Å²) in [7, 11) is 1.98. The van der Waals surface area contributed by atoms with Crippen molar-refractivity contribution in [2.24, 2.45) is 23.7 Å². The monoisotopic (exact) mass is 246 g/mol. The van der Waals surface area contributed by atoms with Crippen molar-refractivity contribution in [3.63, 3.8) is 0 Å². The van der Waals surface area contributed by atoms with Crippen molar-refractivity contribution < 1.29 is 4.42 Å². The van der Waals surface area contributed by atoms with Crippen LogP contribution in [0.3, 0.4) is 0 Å². The highest BCUT2D eigenvalue weighted by Gasteiger charge is 2.49. The maximum absolute atomic E-state index is 5.59. The minimum Gasteiger partial charge on any atom is -0.447 e. The van der Waals surface area contributed by atoms with Gasteiger partial charge in [-0.15, -0.1) is 0 Å². The smallest absolute Gasteiger partial charge is 0.181 e. The molecule has 4 bridgehead atoms. The van der Waals surface area contributed by atoms with E-state index in [-0.39, 0.29) is 0 Å². The molecule has 98 valence electrons. The Kier molecular flexibility index (Phi) is 2.51. The van der Waals surface area contributed by atoms with Gasteiger partial charge in [0.1, 0.15) is 5.76 Å². The molecule has 0 unspecified atom stereocenters. The number of nitrogens with one attached hydrogen (secondary N) is 1. The number of nitrogens with zero attached hydrogens (tertiary/aromatic N) is 1. The molecule has 0 radical (unpaired) electrons. The molecule has 1 aromatic heterocycles. The third-order valence-electron chi connectivity index (χ3n) is 5.55. The van der Waals surface area contributed by atoms with E-state index in [1.807, 2.05) is 7.05 Å². The van der Waals surface area contributed by atoms with Crippen LogP contribution < -0.4 is 5.32 Å². The second-order valence-electron chi connectivity index (χ2n) is 6.65. The number of oxazole rings is 1. The minimum atomic E-state index is 0.694. The summed E-state index contributed by atoms with van der Waals surface area (Å²) in [5.41, 5.74) is 1.28. The molecule has 1 aromatic rings. The van der Waals surface area contributed by atoms with E-state index in [0.717, 1.165) is 36.0 Å². The molecule has 1 N–H and O–H groups in total. The van der Waals surface area contributed by atoms with Gasteiger partial charge in [-0.3, -0.25) is 0 Å². The number of aromatic nitrogens is 1. The average molecular weight is 246 g/mol. The Balaban J connectivity index is 1.66. The van der Waals surface area contributed by atoms with Gasteiger partial charge in [-0.05, 0) is 62.8 Å². The fraction of sp³-hybridized carbons (Fsp3) is 0.800. The fourth-order valence-electron chi connectivity index (χ4n) is 5.22. The summed E-state index contributed by atoms with van der Waals surface area (Å²) in [5, 5.41) is 3.20. The largest absolute Gasteiger partial charge is 0.447 e. The molecule has 0 amide bonds. The van der Waals surface area contributed by atoms with E-state index in [2.05, 4.69) is 10.3 Å². The van der Waals surface area contributed by atoms with Crippen molar-refractivity contribution in [2.45, 2.75) is 44.6 Å². The summed E-state index contributed by atoms with van der Waals surface area (Å²) in [6, 6.07) is 0. The summed E-state index contributed by atoms with van der Waals surface area (Å²) < 4.78 is 5.59. The lowest BCUT2D eigenvalue weighted by atomic mass is 9.51. The second kappa shape index (κ2) is 4.09. The number of hydrogen-bond donors (Lipinski definition) is 1. The zero-order chi connectivity index (χ0) is 12.1. The van der Waals surface area contributed by atoms with Crippen LogP contribution in [0.2, 0.25) is 0 Å². The second-order valence-corrected chi connectivity index (χ2v) is 6.65. The average Bonchev–Trinajstić information content (AvgIpc) is 2.76. The summed E-state index contributed by atoms with van der Waals surface area (Å²) in [6.45, 7) is 0.818. The van der Waals surface area contributed by atoms with Crippen molar-refractivity contribution >= 4 is 0 Å². The molecule has 3 heteroatoms. The Morgan fingerprint density at radius 1 is 1.17 bits per heavy atom. The van der Waals surface area contributed by atoms with Crippen molar-refractivity contribution in [1.82, 2.24) is 10.3 Å². The zero-order valence-corrected chi connectivity index (χ0v) is 11.1. The molecule has 0 aliphatic heterocycles. The van der Waals surface area contributed by atoms with Gasteiger partial charge in [-0.25, -0.2) is 4.98 Å². The Morgan fingerprint density at radius 2 is 1.83 bits per heavy atom. The van der Waals surface area contributed by atoms with E-state index >= 15 is 0 Å². The van der Waals surface area contributed by atoms with Crippen LogP contribution in [-0.2, 0) is 6.54 Å². The van der Waals surface area contributed by atoms with Crippen molar-refractivity contribution in [3.05, 3.63) is 17.8 Å². The number of rotatable bonds is 3. The Labute approximate surface area is 108 Å². The molecule has 4 saturated carbocycles. The van der Waals surface area contributed by atoms with Crippen molar-refractivity contribution in [3.8, 4) is 0 Å². The molecule has 0 aromatic carbocycles. The van der Waals surface area contributed by atoms with Crippen LogP contribution in [0.15, 0.2) is 10.8 Å². The Bertz CT molecular complexity index is 411. The molecule has 3 nitrogen and oxygen atoms in total. The standard InChI is InChI=1S/C15H22N2O/c1-16-7-13-15(17-8-18-13)14-11-3-9-2-10(5-11)6-12(14)4-9/h8-12,14,16H,2-7H2,1H3. The highest BCUT2D eigenvalue weighted by atomic mass is 16.3. The lowest BCUT2D eigenvalue weighted by Gasteiger charge is -2.54. The fourth-order valence-corrected chi connectivity index (χ4v) is 5.22. The molecule has 0 atom stereocenters. The van der Waals surface area contributed by atoms with Crippen LogP contribution in [0.25, 0.3) is 0 Å². The zero-order valence-electron chi connectivity index (χ0n) is 11.1. The van der Waals surface area contributed by atoms with E-state index in [1.54, 1.807) is 6.39 Å². The van der Waals surface area contributed by atoms with E-state index < -0.39 is 0 Å². The first-order valence-electron chi connectivity index (χ1n) is 7.42. The van der Waals surface area contributed by atoms with Gasteiger partial charge >= 0.3 is 0 Å². The van der Waals surface area contributed by atoms with Gasteiger partial charge in [0.2, 0.25) is 0 Å². The summed E-state index contributed by atoms with van der Waals surface area (Å²) in [4.78, 5) is 4.57. The van der Waals surface area contributed by atoms with Gasteiger partial charge in [0, 0.05) is 5.92 Å². The minimum absolute atomic E-state index is 0.694. The summed E-state index contributed by atoms with van der Waals surface area (Å²) in [5.74, 6) is 5.62. The van der Waals surface area contributed by atoms with Gasteiger partial charge < -0.3 is 9.73 Å². The third kappa shape index (κ3) is 1.56. The topological polar surface area (TPSA) is 38.1 Å². The van der Waals surface area contributed by atoms with Crippen LogP contribution in [0, 0.1) is 23.7 Å². The quantitative estimate of drug-likeness (QED) is 0.891. The third-order valence-corrected chi connectivity index (χ3v) is 5.55. The summed E-state index contributed by atoms with van der Waals surface area (Å²) in [6.07, 6.45) is 8.95. The Hall–Kier alpha value is -0.830. The van der Waals surface area contributed by atoms with Crippen molar-refractivity contribution in [2.75, 3.05) is 7.05 Å². The van der Waals surface area contributed by atoms with Crippen LogP contribution in [0.4, 0.5) is 0 Å². The highest BCUT2D eigenvalue weighted by Crippen LogP contribution is 2.59. The molecular formula is C15H22N2O. The first-order valence-corrected chi connectivity index (χ1v) is 7.42. The lowest BCUT2D eigenvalue weighted by molar-refractivity contribution is -0.00458. The Morgan fingerprint density at radius 3 is 2.44 bits per heavy atom. The van der Waals surface area contributed by atoms with Gasteiger partial charge in [-0.2, -0.15) is 0 Å². The molecule has 4 fully saturated rings. The maximum Gasteiger partial charge on any atom is 0.181 e. The van der Waals surface area contributed by atoms with E-state index in [9.17, 15) is 0 Å². The predicted octanol–water partition coefficient (Wildman–Crippen LogP) is 2.93. The normalized spacial score (nSPS) is 41.5.